The molecule has 1 aromatic rings. The molecule has 1 rings (SSSR count). The molecule has 0 unspecified atom stereocenters. The number of carbonyl (C=O) groups is 1. The third kappa shape index (κ3) is 3.02. The van der Waals surface area contributed by atoms with Crippen LogP contribution in [0, 0.1) is 18.2 Å². The molecule has 0 N–H and O–H groups in total. The minimum absolute atomic E-state index is 0.0203. The number of hydrogen-bond acceptors (Lipinski definition) is 1. The van der Waals surface area contributed by atoms with Crippen LogP contribution in [0.2, 0.25) is 0 Å². The molecule has 1 nitrogen and oxygen atoms in total. The Bertz CT molecular complexity index is 363. The van der Waals surface area contributed by atoms with Gasteiger partial charge in [0.2, 0.25) is 0 Å². The molecule has 0 aliphatic rings. The molecule has 1 aromatic carbocycles. The van der Waals surface area contributed by atoms with Gasteiger partial charge in [0.1, 0.15) is 11.6 Å². The maximum atomic E-state index is 13.1. The van der Waals surface area contributed by atoms with E-state index in [0.29, 0.717) is 18.4 Å². The van der Waals surface area contributed by atoms with E-state index in [1.54, 1.807) is 18.2 Å². The Morgan fingerprint density at radius 2 is 2.14 bits per heavy atom. The molecule has 0 saturated heterocycles. The Hall–Kier alpha value is -1.62. The number of rotatable bonds is 4. The topological polar surface area (TPSA) is 17.1 Å². The Balaban J connectivity index is 2.57. The Labute approximate surface area is 82.9 Å². The summed E-state index contributed by atoms with van der Waals surface area (Å²) in [6.45, 7) is 0. The lowest BCUT2D eigenvalue weighted by Crippen LogP contribution is -2.03. The van der Waals surface area contributed by atoms with E-state index in [-0.39, 0.29) is 18.0 Å². The van der Waals surface area contributed by atoms with Crippen LogP contribution in [-0.2, 0) is 11.2 Å². The quantitative estimate of drug-likeness (QED) is 0.666. The van der Waals surface area contributed by atoms with Crippen LogP contribution >= 0.6 is 0 Å². The number of hydrogen-bond donors (Lipinski definition) is 0. The van der Waals surface area contributed by atoms with Crippen molar-refractivity contribution in [2.45, 2.75) is 19.3 Å². The molecule has 0 aromatic heterocycles. The van der Waals surface area contributed by atoms with Crippen molar-refractivity contribution in [3.8, 4) is 12.3 Å². The summed E-state index contributed by atoms with van der Waals surface area (Å²) >= 11 is 0. The van der Waals surface area contributed by atoms with Gasteiger partial charge in [0.25, 0.3) is 0 Å². The molecule has 0 saturated carbocycles. The fourth-order valence-electron chi connectivity index (χ4n) is 1.15. The van der Waals surface area contributed by atoms with Crippen LogP contribution in [0.5, 0.6) is 0 Å². The predicted molar refractivity (Wildman–Crippen MR) is 53.2 cm³/mol. The molecule has 0 aliphatic carbocycles. The van der Waals surface area contributed by atoms with Gasteiger partial charge in [0.05, 0.1) is 0 Å². The van der Waals surface area contributed by atoms with Crippen molar-refractivity contribution in [3.63, 3.8) is 0 Å². The molecule has 0 spiro atoms. The number of halogens is 1. The first-order valence-electron chi connectivity index (χ1n) is 4.42. The largest absolute Gasteiger partial charge is 0.299 e. The van der Waals surface area contributed by atoms with Gasteiger partial charge in [-0.1, -0.05) is 18.2 Å². The highest BCUT2D eigenvalue weighted by molar-refractivity contribution is 5.81. The first-order valence-corrected chi connectivity index (χ1v) is 4.42. The van der Waals surface area contributed by atoms with Crippen LogP contribution in [0.4, 0.5) is 4.39 Å². The van der Waals surface area contributed by atoms with Crippen molar-refractivity contribution in [2.75, 3.05) is 0 Å². The van der Waals surface area contributed by atoms with Crippen LogP contribution in [0.25, 0.3) is 0 Å². The lowest BCUT2D eigenvalue weighted by molar-refractivity contribution is -0.118. The second kappa shape index (κ2) is 5.18. The van der Waals surface area contributed by atoms with Gasteiger partial charge in [-0.25, -0.2) is 4.39 Å². The molecular formula is C12H11FO. The van der Waals surface area contributed by atoms with Crippen molar-refractivity contribution in [1.29, 1.82) is 0 Å². The van der Waals surface area contributed by atoms with E-state index in [1.165, 1.54) is 6.07 Å². The zero-order chi connectivity index (χ0) is 10.4. The highest BCUT2D eigenvalue weighted by Gasteiger charge is 2.06. The van der Waals surface area contributed by atoms with E-state index in [0.717, 1.165) is 0 Å². The molecule has 0 bridgehead atoms. The molecule has 0 amide bonds. The van der Waals surface area contributed by atoms with Crippen LogP contribution in [0.1, 0.15) is 18.4 Å². The molecule has 0 atom stereocenters. The molecule has 0 fully saturated rings. The smallest absolute Gasteiger partial charge is 0.138 e. The van der Waals surface area contributed by atoms with Crippen molar-refractivity contribution in [3.05, 3.63) is 35.6 Å². The summed E-state index contributed by atoms with van der Waals surface area (Å²) in [7, 11) is 0. The number of Topliss-reactive ketones (excluding diaryl/α,β-unsaturated/α-hetero) is 1. The molecule has 2 heteroatoms. The van der Waals surface area contributed by atoms with Crippen LogP contribution in [0.15, 0.2) is 24.3 Å². The Morgan fingerprint density at radius 1 is 1.43 bits per heavy atom. The zero-order valence-electron chi connectivity index (χ0n) is 7.79. The zero-order valence-corrected chi connectivity index (χ0v) is 7.79. The number of terminal acetylenes is 1. The second-order valence-corrected chi connectivity index (χ2v) is 3.01. The van der Waals surface area contributed by atoms with E-state index in [9.17, 15) is 9.18 Å². The van der Waals surface area contributed by atoms with Gasteiger partial charge in [-0.15, -0.1) is 12.3 Å². The summed E-state index contributed by atoms with van der Waals surface area (Å²) < 4.78 is 13.1. The number of benzene rings is 1. The average Bonchev–Trinajstić information content (AvgIpc) is 2.18. The summed E-state index contributed by atoms with van der Waals surface area (Å²) in [5, 5.41) is 0. The summed E-state index contributed by atoms with van der Waals surface area (Å²) in [4.78, 5) is 11.3. The van der Waals surface area contributed by atoms with Crippen molar-refractivity contribution >= 4 is 5.78 Å². The van der Waals surface area contributed by atoms with Crippen molar-refractivity contribution in [1.82, 2.24) is 0 Å². The Morgan fingerprint density at radius 3 is 2.79 bits per heavy atom. The standard InChI is InChI=1S/C12H11FO/c1-2-3-7-11(14)9-10-6-4-5-8-12(10)13/h1,4-6,8H,3,7,9H2. The molecule has 72 valence electrons. The van der Waals surface area contributed by atoms with E-state index >= 15 is 0 Å². The fraction of sp³-hybridized carbons (Fsp3) is 0.250. The molecule has 0 radical (unpaired) electrons. The highest BCUT2D eigenvalue weighted by Crippen LogP contribution is 2.08. The first-order chi connectivity index (χ1) is 6.74. The molecule has 14 heavy (non-hydrogen) atoms. The van der Waals surface area contributed by atoms with Crippen LogP contribution in [0.3, 0.4) is 0 Å². The normalized spacial score (nSPS) is 9.43. The average molecular weight is 190 g/mol. The van der Waals surface area contributed by atoms with Crippen molar-refractivity contribution < 1.29 is 9.18 Å². The van der Waals surface area contributed by atoms with Gasteiger partial charge >= 0.3 is 0 Å². The van der Waals surface area contributed by atoms with Gasteiger partial charge in [-0.3, -0.25) is 4.79 Å². The third-order valence-corrected chi connectivity index (χ3v) is 1.89. The minimum atomic E-state index is -0.332. The highest BCUT2D eigenvalue weighted by atomic mass is 19.1. The van der Waals surface area contributed by atoms with Crippen LogP contribution < -0.4 is 0 Å². The number of carbonyl (C=O) groups excluding carboxylic acids is 1. The molecule has 0 heterocycles. The van der Waals surface area contributed by atoms with Gasteiger partial charge in [-0.05, 0) is 11.6 Å². The van der Waals surface area contributed by atoms with Gasteiger partial charge < -0.3 is 0 Å². The van der Waals surface area contributed by atoms with E-state index < -0.39 is 0 Å². The maximum Gasteiger partial charge on any atom is 0.138 e. The summed E-state index contributed by atoms with van der Waals surface area (Å²) in [5.41, 5.74) is 0.439. The second-order valence-electron chi connectivity index (χ2n) is 3.01. The minimum Gasteiger partial charge on any atom is -0.299 e. The summed E-state index contributed by atoms with van der Waals surface area (Å²) in [5.74, 6) is 2.03. The van der Waals surface area contributed by atoms with Crippen molar-refractivity contribution in [2.24, 2.45) is 0 Å². The fourth-order valence-corrected chi connectivity index (χ4v) is 1.15. The van der Waals surface area contributed by atoms with Gasteiger partial charge in [0.15, 0.2) is 0 Å². The SMILES string of the molecule is C#CCCC(=O)Cc1ccccc1F. The third-order valence-electron chi connectivity index (χ3n) is 1.89. The van der Waals surface area contributed by atoms with Crippen LogP contribution in [-0.4, -0.2) is 5.78 Å². The maximum absolute atomic E-state index is 13.1. The summed E-state index contributed by atoms with van der Waals surface area (Å²) in [6.07, 6.45) is 5.91. The van der Waals surface area contributed by atoms with E-state index in [2.05, 4.69) is 5.92 Å². The number of ketones is 1. The lowest BCUT2D eigenvalue weighted by Gasteiger charge is -2.00. The molecular weight excluding hydrogens is 179 g/mol. The Kier molecular flexibility index (Phi) is 3.87. The van der Waals surface area contributed by atoms with E-state index in [4.69, 9.17) is 6.42 Å². The lowest BCUT2D eigenvalue weighted by atomic mass is 10.1. The monoisotopic (exact) mass is 190 g/mol. The van der Waals surface area contributed by atoms with E-state index in [1.807, 2.05) is 0 Å². The molecule has 0 aliphatic heterocycles. The van der Waals surface area contributed by atoms with Gasteiger partial charge in [0, 0.05) is 19.3 Å². The predicted octanol–water partition coefficient (Wildman–Crippen LogP) is 2.35. The summed E-state index contributed by atoms with van der Waals surface area (Å²) in [6, 6.07) is 6.28. The first kappa shape index (κ1) is 10.5. The van der Waals surface area contributed by atoms with Gasteiger partial charge in [-0.2, -0.15) is 0 Å².